The van der Waals surface area contributed by atoms with Crippen LogP contribution in [0.2, 0.25) is 0 Å². The SMILES string of the molecule is CC(C)CC(C(=O)N[C@@H](CCSC[C@H](NC(=O)CC(C)(C)C)C(=O)O)C(=O)O)c1ccc(O)cc1. The Morgan fingerprint density at radius 1 is 0.943 bits per heavy atom. The summed E-state index contributed by atoms with van der Waals surface area (Å²) in [5.41, 5.74) is 0.406. The third-order valence-electron chi connectivity index (χ3n) is 5.09. The van der Waals surface area contributed by atoms with Crippen molar-refractivity contribution in [1.29, 1.82) is 0 Å². The first kappa shape index (κ1) is 30.3. The number of carboxylic acid groups (broad SMARTS) is 2. The van der Waals surface area contributed by atoms with E-state index in [0.717, 1.165) is 0 Å². The molecule has 0 spiro atoms. The Hall–Kier alpha value is -2.75. The van der Waals surface area contributed by atoms with Gasteiger partial charge in [0.05, 0.1) is 5.92 Å². The van der Waals surface area contributed by atoms with Crippen LogP contribution in [0.4, 0.5) is 0 Å². The normalized spacial score (nSPS) is 14.1. The number of hydrogen-bond acceptors (Lipinski definition) is 6. The van der Waals surface area contributed by atoms with E-state index in [2.05, 4.69) is 10.6 Å². The van der Waals surface area contributed by atoms with Crippen molar-refractivity contribution in [1.82, 2.24) is 10.6 Å². The maximum absolute atomic E-state index is 13.0. The van der Waals surface area contributed by atoms with E-state index in [1.165, 1.54) is 23.9 Å². The highest BCUT2D eigenvalue weighted by Crippen LogP contribution is 2.26. The molecule has 1 aromatic rings. The number of carboxylic acids is 2. The maximum Gasteiger partial charge on any atom is 0.327 e. The second-order valence-corrected chi connectivity index (χ2v) is 11.4. The molecule has 1 aromatic carbocycles. The molecule has 0 aliphatic heterocycles. The van der Waals surface area contributed by atoms with Gasteiger partial charge in [0.15, 0.2) is 0 Å². The smallest absolute Gasteiger partial charge is 0.327 e. The Morgan fingerprint density at radius 2 is 1.51 bits per heavy atom. The second kappa shape index (κ2) is 14.0. The van der Waals surface area contributed by atoms with Crippen LogP contribution < -0.4 is 10.6 Å². The van der Waals surface area contributed by atoms with Gasteiger partial charge in [-0.3, -0.25) is 9.59 Å². The third kappa shape index (κ3) is 12.0. The lowest BCUT2D eigenvalue weighted by Crippen LogP contribution is -2.44. The fourth-order valence-corrected chi connectivity index (χ4v) is 4.44. The van der Waals surface area contributed by atoms with Crippen LogP contribution in [-0.2, 0) is 19.2 Å². The van der Waals surface area contributed by atoms with E-state index in [-0.39, 0.29) is 47.3 Å². The number of nitrogens with one attached hydrogen (secondary N) is 2. The number of hydrogen-bond donors (Lipinski definition) is 5. The number of phenolic OH excluding ortho intramolecular Hbond substituents is 1. The van der Waals surface area contributed by atoms with Crippen LogP contribution in [0.3, 0.4) is 0 Å². The van der Waals surface area contributed by atoms with Gasteiger partial charge in [-0.1, -0.05) is 46.8 Å². The molecule has 1 rings (SSSR count). The Morgan fingerprint density at radius 3 is 2.00 bits per heavy atom. The average molecular weight is 511 g/mol. The molecule has 0 saturated carbocycles. The molecule has 3 atom stereocenters. The first-order valence-corrected chi connectivity index (χ1v) is 12.8. The van der Waals surface area contributed by atoms with Crippen molar-refractivity contribution >= 4 is 35.5 Å². The van der Waals surface area contributed by atoms with E-state index in [4.69, 9.17) is 0 Å². The number of carbonyl (C=O) groups is 4. The minimum Gasteiger partial charge on any atom is -0.508 e. The van der Waals surface area contributed by atoms with Gasteiger partial charge in [0.1, 0.15) is 17.8 Å². The molecule has 0 aliphatic rings. The van der Waals surface area contributed by atoms with E-state index in [1.807, 2.05) is 34.6 Å². The molecule has 0 fully saturated rings. The molecule has 0 radical (unpaired) electrons. The van der Waals surface area contributed by atoms with Crippen molar-refractivity contribution in [2.45, 2.75) is 71.9 Å². The van der Waals surface area contributed by atoms with Gasteiger partial charge in [0.2, 0.25) is 11.8 Å². The molecule has 2 amide bonds. The van der Waals surface area contributed by atoms with E-state index in [9.17, 15) is 34.5 Å². The summed E-state index contributed by atoms with van der Waals surface area (Å²) in [6.45, 7) is 9.57. The summed E-state index contributed by atoms with van der Waals surface area (Å²) in [7, 11) is 0. The molecular formula is C25H38N2O7S. The zero-order valence-corrected chi connectivity index (χ0v) is 21.9. The molecule has 0 heterocycles. The largest absolute Gasteiger partial charge is 0.508 e. The third-order valence-corrected chi connectivity index (χ3v) is 6.19. The van der Waals surface area contributed by atoms with Gasteiger partial charge in [-0.2, -0.15) is 11.8 Å². The number of benzene rings is 1. The van der Waals surface area contributed by atoms with Crippen molar-refractivity contribution in [3.8, 4) is 5.75 Å². The average Bonchev–Trinajstić information content (AvgIpc) is 2.72. The van der Waals surface area contributed by atoms with E-state index in [1.54, 1.807) is 12.1 Å². The highest BCUT2D eigenvalue weighted by molar-refractivity contribution is 7.99. The monoisotopic (exact) mass is 510 g/mol. The van der Waals surface area contributed by atoms with Crippen LogP contribution in [0.5, 0.6) is 5.75 Å². The zero-order valence-electron chi connectivity index (χ0n) is 21.0. The van der Waals surface area contributed by atoms with Crippen LogP contribution in [0.1, 0.15) is 65.4 Å². The van der Waals surface area contributed by atoms with Crippen LogP contribution in [0.15, 0.2) is 24.3 Å². The fourth-order valence-electron chi connectivity index (χ4n) is 3.41. The molecule has 196 valence electrons. The second-order valence-electron chi connectivity index (χ2n) is 10.2. The number of carbonyl (C=O) groups excluding carboxylic acids is 2. The van der Waals surface area contributed by atoms with Crippen LogP contribution in [-0.4, -0.2) is 62.7 Å². The summed E-state index contributed by atoms with van der Waals surface area (Å²) in [4.78, 5) is 48.3. The number of thioether (sulfide) groups is 1. The minimum atomic E-state index is -1.18. The summed E-state index contributed by atoms with van der Waals surface area (Å²) < 4.78 is 0. The molecule has 9 nitrogen and oxygen atoms in total. The van der Waals surface area contributed by atoms with Gasteiger partial charge in [0.25, 0.3) is 0 Å². The quantitative estimate of drug-likeness (QED) is 0.239. The first-order valence-electron chi connectivity index (χ1n) is 11.6. The lowest BCUT2D eigenvalue weighted by molar-refractivity contribution is -0.142. The Kier molecular flexibility index (Phi) is 12.1. The molecular weight excluding hydrogens is 472 g/mol. The van der Waals surface area contributed by atoms with E-state index in [0.29, 0.717) is 12.0 Å². The minimum absolute atomic E-state index is 0.0761. The lowest BCUT2D eigenvalue weighted by atomic mass is 9.89. The number of aromatic hydroxyl groups is 1. The van der Waals surface area contributed by atoms with E-state index < -0.39 is 35.8 Å². The van der Waals surface area contributed by atoms with Gasteiger partial charge in [-0.25, -0.2) is 9.59 Å². The molecule has 0 bridgehead atoms. The number of rotatable bonds is 14. The molecule has 0 saturated heterocycles. The summed E-state index contributed by atoms with van der Waals surface area (Å²) in [5, 5.41) is 33.6. The molecule has 0 aromatic heterocycles. The summed E-state index contributed by atoms with van der Waals surface area (Å²) >= 11 is 1.20. The zero-order chi connectivity index (χ0) is 26.8. The lowest BCUT2D eigenvalue weighted by Gasteiger charge is -2.22. The van der Waals surface area contributed by atoms with Crippen LogP contribution >= 0.6 is 11.8 Å². The molecule has 35 heavy (non-hydrogen) atoms. The Labute approximate surface area is 211 Å². The summed E-state index contributed by atoms with van der Waals surface area (Å²) in [6.07, 6.45) is 0.789. The Balaban J connectivity index is 2.71. The van der Waals surface area contributed by atoms with Gasteiger partial charge in [0, 0.05) is 12.2 Å². The predicted octanol–water partition coefficient (Wildman–Crippen LogP) is 3.22. The fraction of sp³-hybridized carbons (Fsp3) is 0.600. The van der Waals surface area contributed by atoms with Gasteiger partial charge < -0.3 is 26.0 Å². The number of aliphatic carboxylic acids is 2. The van der Waals surface area contributed by atoms with Crippen molar-refractivity contribution in [3.63, 3.8) is 0 Å². The van der Waals surface area contributed by atoms with Crippen molar-refractivity contribution in [2.24, 2.45) is 11.3 Å². The van der Waals surface area contributed by atoms with Crippen molar-refractivity contribution < 1.29 is 34.5 Å². The van der Waals surface area contributed by atoms with Crippen LogP contribution in [0.25, 0.3) is 0 Å². The van der Waals surface area contributed by atoms with Gasteiger partial charge in [-0.15, -0.1) is 0 Å². The van der Waals surface area contributed by atoms with Gasteiger partial charge in [-0.05, 0) is 47.6 Å². The topological polar surface area (TPSA) is 153 Å². The predicted molar refractivity (Wildman–Crippen MR) is 135 cm³/mol. The number of phenols is 1. The van der Waals surface area contributed by atoms with Crippen molar-refractivity contribution in [3.05, 3.63) is 29.8 Å². The Bertz CT molecular complexity index is 866. The summed E-state index contributed by atoms with van der Waals surface area (Å²) in [6, 6.07) is 4.04. The maximum atomic E-state index is 13.0. The van der Waals surface area contributed by atoms with E-state index >= 15 is 0 Å². The molecule has 0 aliphatic carbocycles. The highest BCUT2D eigenvalue weighted by atomic mass is 32.2. The first-order chi connectivity index (χ1) is 16.2. The standard InChI is InChI=1S/C25H38N2O7S/c1-15(2)12-18(16-6-8-17(28)9-7-16)22(30)27-19(23(31)32)10-11-35-14-20(24(33)34)26-21(29)13-25(3,4)5/h6-9,15,18-20,28H,10-14H2,1-5H3,(H,26,29)(H,27,30)(H,31,32)(H,33,34)/t18?,19-,20-/m0/s1. The number of amides is 2. The molecule has 1 unspecified atom stereocenters. The highest BCUT2D eigenvalue weighted by Gasteiger charge is 2.28. The molecule has 5 N–H and O–H groups in total. The molecule has 10 heteroatoms. The summed E-state index contributed by atoms with van der Waals surface area (Å²) in [5.74, 6) is -3.06. The van der Waals surface area contributed by atoms with Crippen molar-refractivity contribution in [2.75, 3.05) is 11.5 Å². The van der Waals surface area contributed by atoms with Crippen LogP contribution in [0, 0.1) is 11.3 Å². The van der Waals surface area contributed by atoms with Gasteiger partial charge >= 0.3 is 11.9 Å².